The van der Waals surface area contributed by atoms with Gasteiger partial charge in [0.05, 0.1) is 0 Å². The van der Waals surface area contributed by atoms with Crippen molar-refractivity contribution in [3.8, 4) is 5.75 Å². The minimum absolute atomic E-state index is 0.0117. The van der Waals surface area contributed by atoms with Crippen molar-refractivity contribution in [2.24, 2.45) is 0 Å². The second-order valence-electron chi connectivity index (χ2n) is 3.47. The Kier molecular flexibility index (Phi) is 4.72. The maximum absolute atomic E-state index is 11.4. The second-order valence-corrected chi connectivity index (χ2v) is 3.47. The Morgan fingerprint density at radius 1 is 1.50 bits per heavy atom. The Morgan fingerprint density at radius 3 is 2.94 bits per heavy atom. The fourth-order valence-electron chi connectivity index (χ4n) is 1.21. The highest BCUT2D eigenvalue weighted by Crippen LogP contribution is 2.19. The molecule has 5 nitrogen and oxygen atoms in total. The molecule has 0 aliphatic heterocycles. The predicted octanol–water partition coefficient (Wildman–Crippen LogP) is 1.03. The lowest BCUT2D eigenvalue weighted by molar-refractivity contribution is -0.116. The van der Waals surface area contributed by atoms with E-state index in [2.05, 4.69) is 15.6 Å². The Labute approximate surface area is 94.9 Å². The number of nitrogens with one attached hydrogen (secondary N) is 2. The Bertz CT molecular complexity index is 366. The molecule has 1 amide bonds. The summed E-state index contributed by atoms with van der Waals surface area (Å²) < 4.78 is 0. The first-order chi connectivity index (χ1) is 7.63. The van der Waals surface area contributed by atoms with Crippen LogP contribution in [0.1, 0.15) is 19.0 Å². The van der Waals surface area contributed by atoms with Gasteiger partial charge in [-0.1, -0.05) is 6.92 Å². The maximum Gasteiger partial charge on any atom is 0.226 e. The third-order valence-corrected chi connectivity index (χ3v) is 2.05. The Hall–Kier alpha value is -1.62. The molecule has 0 unspecified atom stereocenters. The molecule has 1 aromatic rings. The summed E-state index contributed by atoms with van der Waals surface area (Å²) >= 11 is 0. The summed E-state index contributed by atoms with van der Waals surface area (Å²) in [5, 5.41) is 15.1. The number of aromatic hydroxyl groups is 1. The van der Waals surface area contributed by atoms with Crippen molar-refractivity contribution in [1.82, 2.24) is 10.3 Å². The number of pyridine rings is 1. The van der Waals surface area contributed by atoms with Gasteiger partial charge in [-0.15, -0.1) is 0 Å². The van der Waals surface area contributed by atoms with E-state index >= 15 is 0 Å². The van der Waals surface area contributed by atoms with E-state index in [9.17, 15) is 9.90 Å². The van der Waals surface area contributed by atoms with Gasteiger partial charge in [-0.2, -0.15) is 0 Å². The van der Waals surface area contributed by atoms with Crippen molar-refractivity contribution in [2.45, 2.75) is 20.3 Å². The summed E-state index contributed by atoms with van der Waals surface area (Å²) in [4.78, 5) is 15.5. The fourth-order valence-corrected chi connectivity index (χ4v) is 1.21. The van der Waals surface area contributed by atoms with Crippen LogP contribution in [0.4, 0.5) is 5.82 Å². The zero-order chi connectivity index (χ0) is 12.0. The van der Waals surface area contributed by atoms with Gasteiger partial charge < -0.3 is 15.7 Å². The lowest BCUT2D eigenvalue weighted by Gasteiger charge is -2.07. The van der Waals surface area contributed by atoms with Crippen molar-refractivity contribution in [3.63, 3.8) is 0 Å². The quantitative estimate of drug-likeness (QED) is 0.652. The molecule has 0 aliphatic carbocycles. The molecule has 5 heteroatoms. The smallest absolute Gasteiger partial charge is 0.226 e. The second kappa shape index (κ2) is 6.07. The van der Waals surface area contributed by atoms with Crippen molar-refractivity contribution >= 4 is 11.7 Å². The molecule has 3 N–H and O–H groups in total. The zero-order valence-electron chi connectivity index (χ0n) is 9.58. The average molecular weight is 223 g/mol. The van der Waals surface area contributed by atoms with E-state index in [1.807, 2.05) is 6.92 Å². The Balaban J connectivity index is 2.52. The normalized spacial score (nSPS) is 10.1. The number of carbonyl (C=O) groups excluding carboxylic acids is 1. The van der Waals surface area contributed by atoms with Crippen LogP contribution >= 0.6 is 0 Å². The molecule has 1 heterocycles. The molecule has 0 saturated carbocycles. The molecule has 0 bridgehead atoms. The van der Waals surface area contributed by atoms with Crippen LogP contribution in [-0.4, -0.2) is 29.1 Å². The number of nitrogens with zero attached hydrogens (tertiary/aromatic N) is 1. The third-order valence-electron chi connectivity index (χ3n) is 2.05. The van der Waals surface area contributed by atoms with Gasteiger partial charge in [-0.05, 0) is 25.6 Å². The molecule has 0 spiro atoms. The molecule has 0 saturated heterocycles. The van der Waals surface area contributed by atoms with Gasteiger partial charge >= 0.3 is 0 Å². The summed E-state index contributed by atoms with van der Waals surface area (Å²) in [6.07, 6.45) is 0.364. The van der Waals surface area contributed by atoms with Gasteiger partial charge in [0.25, 0.3) is 0 Å². The van der Waals surface area contributed by atoms with Crippen molar-refractivity contribution in [2.75, 3.05) is 18.4 Å². The summed E-state index contributed by atoms with van der Waals surface area (Å²) in [5.41, 5.74) is 0.750. The van der Waals surface area contributed by atoms with E-state index in [0.29, 0.717) is 13.0 Å². The summed E-state index contributed by atoms with van der Waals surface area (Å²) in [6.45, 7) is 5.23. The van der Waals surface area contributed by atoms with E-state index in [1.54, 1.807) is 13.0 Å². The van der Waals surface area contributed by atoms with Gasteiger partial charge in [-0.3, -0.25) is 4.79 Å². The first kappa shape index (κ1) is 12.4. The van der Waals surface area contributed by atoms with Gasteiger partial charge in [0.15, 0.2) is 11.6 Å². The average Bonchev–Trinajstić information content (AvgIpc) is 2.24. The summed E-state index contributed by atoms with van der Waals surface area (Å²) in [5.74, 6) is 0.0539. The predicted molar refractivity (Wildman–Crippen MR) is 62.4 cm³/mol. The highest BCUT2D eigenvalue weighted by molar-refractivity contribution is 5.91. The molecule has 0 radical (unpaired) electrons. The first-order valence-electron chi connectivity index (χ1n) is 5.30. The minimum Gasteiger partial charge on any atom is -0.504 e. The van der Waals surface area contributed by atoms with Gasteiger partial charge in [0.1, 0.15) is 0 Å². The number of hydrogen-bond donors (Lipinski definition) is 3. The molecule has 0 atom stereocenters. The molecule has 16 heavy (non-hydrogen) atoms. The number of carbonyl (C=O) groups is 1. The van der Waals surface area contributed by atoms with E-state index in [1.165, 1.54) is 6.07 Å². The Morgan fingerprint density at radius 2 is 2.25 bits per heavy atom. The molecule has 0 aromatic carbocycles. The molecular formula is C11H17N3O2. The fraction of sp³-hybridized carbons (Fsp3) is 0.455. The minimum atomic E-state index is -0.158. The van der Waals surface area contributed by atoms with Crippen LogP contribution in [0, 0.1) is 6.92 Å². The van der Waals surface area contributed by atoms with Crippen LogP contribution in [0.3, 0.4) is 0 Å². The lowest BCUT2D eigenvalue weighted by atomic mass is 10.3. The van der Waals surface area contributed by atoms with E-state index in [0.717, 1.165) is 12.2 Å². The zero-order valence-corrected chi connectivity index (χ0v) is 9.58. The van der Waals surface area contributed by atoms with Gasteiger partial charge in [-0.25, -0.2) is 4.98 Å². The van der Waals surface area contributed by atoms with Crippen LogP contribution in [-0.2, 0) is 4.79 Å². The van der Waals surface area contributed by atoms with Crippen LogP contribution in [0.2, 0.25) is 0 Å². The van der Waals surface area contributed by atoms with E-state index in [-0.39, 0.29) is 17.5 Å². The highest BCUT2D eigenvalue weighted by Gasteiger charge is 2.07. The maximum atomic E-state index is 11.4. The van der Waals surface area contributed by atoms with Crippen molar-refractivity contribution in [3.05, 3.63) is 17.8 Å². The van der Waals surface area contributed by atoms with Gasteiger partial charge in [0, 0.05) is 18.7 Å². The van der Waals surface area contributed by atoms with Crippen LogP contribution in [0.25, 0.3) is 0 Å². The van der Waals surface area contributed by atoms with Gasteiger partial charge in [0.2, 0.25) is 5.91 Å². The molecule has 0 aliphatic rings. The van der Waals surface area contributed by atoms with Crippen LogP contribution in [0.5, 0.6) is 5.75 Å². The summed E-state index contributed by atoms with van der Waals surface area (Å²) in [6, 6.07) is 3.20. The molecular weight excluding hydrogens is 206 g/mol. The SMILES string of the molecule is CCNCCC(=O)Nc1nc(C)ccc1O. The number of aromatic nitrogens is 1. The van der Waals surface area contributed by atoms with Crippen LogP contribution in [0.15, 0.2) is 12.1 Å². The van der Waals surface area contributed by atoms with Crippen LogP contribution < -0.4 is 10.6 Å². The molecule has 1 aromatic heterocycles. The number of hydrogen-bond acceptors (Lipinski definition) is 4. The van der Waals surface area contributed by atoms with Crippen molar-refractivity contribution in [1.29, 1.82) is 0 Å². The topological polar surface area (TPSA) is 74.2 Å². The molecule has 0 fully saturated rings. The standard InChI is InChI=1S/C11H17N3O2/c1-3-12-7-6-10(16)14-11-9(15)5-4-8(2)13-11/h4-5,12,15H,3,6-7H2,1-2H3,(H,13,14,16). The number of aryl methyl sites for hydroxylation is 1. The highest BCUT2D eigenvalue weighted by atomic mass is 16.3. The lowest BCUT2D eigenvalue weighted by Crippen LogP contribution is -2.21. The summed E-state index contributed by atoms with van der Waals surface area (Å²) in [7, 11) is 0. The number of rotatable bonds is 5. The number of amides is 1. The monoisotopic (exact) mass is 223 g/mol. The number of anilines is 1. The van der Waals surface area contributed by atoms with E-state index in [4.69, 9.17) is 0 Å². The largest absolute Gasteiger partial charge is 0.504 e. The molecule has 88 valence electrons. The molecule has 1 rings (SSSR count). The van der Waals surface area contributed by atoms with Crippen molar-refractivity contribution < 1.29 is 9.90 Å². The third kappa shape index (κ3) is 3.86. The van der Waals surface area contributed by atoms with E-state index < -0.39 is 0 Å². The first-order valence-corrected chi connectivity index (χ1v) is 5.30.